The number of carbonyl (C=O) groups is 1. The van der Waals surface area contributed by atoms with E-state index in [1.165, 1.54) is 24.3 Å². The van der Waals surface area contributed by atoms with Crippen LogP contribution in [0.5, 0.6) is 0 Å². The fourth-order valence-corrected chi connectivity index (χ4v) is 3.92. The molecule has 2 aromatic carbocycles. The number of aryl methyl sites for hydroxylation is 1. The molecule has 0 spiro atoms. The van der Waals surface area contributed by atoms with Crippen molar-refractivity contribution in [2.45, 2.75) is 30.7 Å². The molecule has 0 aliphatic carbocycles. The molecule has 0 bridgehead atoms. The molecule has 3 N–H and O–H groups in total. The van der Waals surface area contributed by atoms with Gasteiger partial charge in [0.15, 0.2) is 0 Å². The van der Waals surface area contributed by atoms with E-state index < -0.39 is 10.0 Å². The Balaban J connectivity index is 1.67. The van der Waals surface area contributed by atoms with Gasteiger partial charge in [0.1, 0.15) is 0 Å². The van der Waals surface area contributed by atoms with Gasteiger partial charge in [-0.25, -0.2) is 8.42 Å². The number of anilines is 1. The molecule has 0 saturated carbocycles. The summed E-state index contributed by atoms with van der Waals surface area (Å²) in [7, 11) is -3.69. The monoisotopic (exact) mass is 373 g/mol. The molecule has 138 valence electrons. The van der Waals surface area contributed by atoms with E-state index in [0.717, 1.165) is 31.5 Å². The largest absolute Gasteiger partial charge is 0.348 e. The minimum atomic E-state index is -3.69. The van der Waals surface area contributed by atoms with Crippen molar-refractivity contribution in [1.29, 1.82) is 0 Å². The topological polar surface area (TPSA) is 87.3 Å². The second-order valence-corrected chi connectivity index (χ2v) is 8.20. The number of piperidine rings is 1. The molecule has 0 aromatic heterocycles. The maximum Gasteiger partial charge on any atom is 0.261 e. The first-order valence-electron chi connectivity index (χ1n) is 8.65. The average Bonchev–Trinajstić information content (AvgIpc) is 2.64. The van der Waals surface area contributed by atoms with Crippen LogP contribution in [0.2, 0.25) is 0 Å². The second kappa shape index (κ2) is 7.88. The number of nitrogens with one attached hydrogen (secondary N) is 3. The van der Waals surface area contributed by atoms with Crippen molar-refractivity contribution < 1.29 is 13.2 Å². The van der Waals surface area contributed by atoms with Crippen LogP contribution in [0.1, 0.15) is 28.8 Å². The standard InChI is InChI=1S/C19H23N3O3S/c1-14-4-8-16(9-5-14)22-26(24,25)18-10-6-15(7-11-18)19(23)21-17-3-2-12-20-13-17/h4-11,17,20,22H,2-3,12-13H2,1H3,(H,21,23)/t17-/m0/s1. The maximum absolute atomic E-state index is 12.5. The molecule has 0 unspecified atom stereocenters. The van der Waals surface area contributed by atoms with Crippen molar-refractivity contribution >= 4 is 21.6 Å². The molecule has 6 nitrogen and oxygen atoms in total. The van der Waals surface area contributed by atoms with Crippen LogP contribution in [0.15, 0.2) is 53.4 Å². The van der Waals surface area contributed by atoms with Crippen molar-refractivity contribution in [3.05, 3.63) is 59.7 Å². The lowest BCUT2D eigenvalue weighted by molar-refractivity contribution is 0.0930. The minimum Gasteiger partial charge on any atom is -0.348 e. The third-order valence-corrected chi connectivity index (χ3v) is 5.76. The molecule has 0 radical (unpaired) electrons. The van der Waals surface area contributed by atoms with Crippen molar-refractivity contribution in [2.24, 2.45) is 0 Å². The predicted molar refractivity (Wildman–Crippen MR) is 102 cm³/mol. The van der Waals surface area contributed by atoms with Crippen LogP contribution >= 0.6 is 0 Å². The van der Waals surface area contributed by atoms with Gasteiger partial charge in [-0.3, -0.25) is 9.52 Å². The number of carbonyl (C=O) groups excluding carboxylic acids is 1. The summed E-state index contributed by atoms with van der Waals surface area (Å²) in [6.07, 6.45) is 1.98. The molecule has 1 fully saturated rings. The predicted octanol–water partition coefficient (Wildman–Crippen LogP) is 2.28. The van der Waals surface area contributed by atoms with E-state index in [1.807, 2.05) is 19.1 Å². The first-order valence-corrected chi connectivity index (χ1v) is 10.1. The fourth-order valence-electron chi connectivity index (χ4n) is 2.86. The second-order valence-electron chi connectivity index (χ2n) is 6.51. The zero-order valence-corrected chi connectivity index (χ0v) is 15.5. The normalized spacial score (nSPS) is 17.5. The Morgan fingerprint density at radius 1 is 1.08 bits per heavy atom. The fraction of sp³-hybridized carbons (Fsp3) is 0.316. The Morgan fingerprint density at radius 3 is 2.38 bits per heavy atom. The molecule has 26 heavy (non-hydrogen) atoms. The quantitative estimate of drug-likeness (QED) is 0.750. The zero-order valence-electron chi connectivity index (χ0n) is 14.7. The molecule has 1 heterocycles. The lowest BCUT2D eigenvalue weighted by Crippen LogP contribution is -2.45. The van der Waals surface area contributed by atoms with E-state index in [0.29, 0.717) is 11.3 Å². The molecule has 7 heteroatoms. The van der Waals surface area contributed by atoms with Crippen LogP contribution in [0, 0.1) is 6.92 Å². The number of amides is 1. The number of hydrogen-bond acceptors (Lipinski definition) is 4. The van der Waals surface area contributed by atoms with E-state index in [1.54, 1.807) is 12.1 Å². The van der Waals surface area contributed by atoms with Gasteiger partial charge in [0, 0.05) is 23.8 Å². The Labute approximate surface area is 154 Å². The Bertz CT molecular complexity index is 856. The van der Waals surface area contributed by atoms with Crippen molar-refractivity contribution in [2.75, 3.05) is 17.8 Å². The first-order chi connectivity index (χ1) is 12.4. The van der Waals surface area contributed by atoms with Gasteiger partial charge in [-0.15, -0.1) is 0 Å². The van der Waals surface area contributed by atoms with Crippen LogP contribution < -0.4 is 15.4 Å². The van der Waals surface area contributed by atoms with Gasteiger partial charge in [-0.05, 0) is 62.7 Å². The molecule has 1 aliphatic heterocycles. The third-order valence-electron chi connectivity index (χ3n) is 4.36. The maximum atomic E-state index is 12.5. The average molecular weight is 373 g/mol. The van der Waals surface area contributed by atoms with Gasteiger partial charge >= 0.3 is 0 Å². The molecular formula is C19H23N3O3S. The van der Waals surface area contributed by atoms with E-state index in [9.17, 15) is 13.2 Å². The van der Waals surface area contributed by atoms with Crippen molar-refractivity contribution in [1.82, 2.24) is 10.6 Å². The Kier molecular flexibility index (Phi) is 5.58. The van der Waals surface area contributed by atoms with Gasteiger partial charge in [-0.1, -0.05) is 17.7 Å². The van der Waals surface area contributed by atoms with Crippen LogP contribution in [-0.2, 0) is 10.0 Å². The summed E-state index contributed by atoms with van der Waals surface area (Å²) in [6, 6.07) is 13.2. The van der Waals surface area contributed by atoms with Gasteiger partial charge < -0.3 is 10.6 Å². The van der Waals surface area contributed by atoms with Crippen LogP contribution in [0.3, 0.4) is 0 Å². The third kappa shape index (κ3) is 4.62. The van der Waals surface area contributed by atoms with Crippen molar-refractivity contribution in [3.8, 4) is 0 Å². The molecule has 1 atom stereocenters. The van der Waals surface area contributed by atoms with E-state index in [-0.39, 0.29) is 16.8 Å². The van der Waals surface area contributed by atoms with E-state index in [4.69, 9.17) is 0 Å². The highest BCUT2D eigenvalue weighted by Crippen LogP contribution is 2.17. The summed E-state index contributed by atoms with van der Waals surface area (Å²) < 4.78 is 27.5. The van der Waals surface area contributed by atoms with Gasteiger partial charge in [-0.2, -0.15) is 0 Å². The Hall–Kier alpha value is -2.38. The van der Waals surface area contributed by atoms with Gasteiger partial charge in [0.2, 0.25) is 0 Å². The van der Waals surface area contributed by atoms with Crippen LogP contribution in [-0.4, -0.2) is 33.5 Å². The number of rotatable bonds is 5. The van der Waals surface area contributed by atoms with Gasteiger partial charge in [0.05, 0.1) is 4.90 Å². The molecule has 1 saturated heterocycles. The number of sulfonamides is 1. The summed E-state index contributed by atoms with van der Waals surface area (Å²) in [5, 5.41) is 6.22. The summed E-state index contributed by atoms with van der Waals surface area (Å²) >= 11 is 0. The lowest BCUT2D eigenvalue weighted by atomic mass is 10.1. The SMILES string of the molecule is Cc1ccc(NS(=O)(=O)c2ccc(C(=O)N[C@H]3CCCNC3)cc2)cc1. The van der Waals surface area contributed by atoms with E-state index >= 15 is 0 Å². The molecule has 1 amide bonds. The van der Waals surface area contributed by atoms with Gasteiger partial charge in [0.25, 0.3) is 15.9 Å². The minimum absolute atomic E-state index is 0.114. The zero-order chi connectivity index (χ0) is 18.6. The summed E-state index contributed by atoms with van der Waals surface area (Å²) in [5.41, 5.74) is 2.00. The highest BCUT2D eigenvalue weighted by molar-refractivity contribution is 7.92. The lowest BCUT2D eigenvalue weighted by Gasteiger charge is -2.23. The number of hydrogen-bond donors (Lipinski definition) is 3. The van der Waals surface area contributed by atoms with Crippen molar-refractivity contribution in [3.63, 3.8) is 0 Å². The molecule has 2 aromatic rings. The van der Waals surface area contributed by atoms with E-state index in [2.05, 4.69) is 15.4 Å². The summed E-state index contributed by atoms with van der Waals surface area (Å²) in [5.74, 6) is -0.186. The molecule has 3 rings (SSSR count). The molecule has 1 aliphatic rings. The molecular weight excluding hydrogens is 350 g/mol. The first kappa shape index (κ1) is 18.4. The Morgan fingerprint density at radius 2 is 1.77 bits per heavy atom. The van der Waals surface area contributed by atoms with Crippen LogP contribution in [0.25, 0.3) is 0 Å². The summed E-state index contributed by atoms with van der Waals surface area (Å²) in [6.45, 7) is 3.68. The smallest absolute Gasteiger partial charge is 0.261 e. The highest BCUT2D eigenvalue weighted by atomic mass is 32.2. The highest BCUT2D eigenvalue weighted by Gasteiger charge is 2.18. The number of benzene rings is 2. The summed E-state index contributed by atoms with van der Waals surface area (Å²) in [4.78, 5) is 12.4. The van der Waals surface area contributed by atoms with Crippen LogP contribution in [0.4, 0.5) is 5.69 Å².